The van der Waals surface area contributed by atoms with Gasteiger partial charge in [0, 0.05) is 6.04 Å². The number of amides is 1. The summed E-state index contributed by atoms with van der Waals surface area (Å²) in [6.45, 7) is 1.66. The highest BCUT2D eigenvalue weighted by atomic mass is 19.1. The first kappa shape index (κ1) is 12.9. The molecule has 1 saturated carbocycles. The molecule has 0 saturated heterocycles. The van der Waals surface area contributed by atoms with E-state index in [1.807, 2.05) is 0 Å². The molecule has 1 aromatic carbocycles. The second kappa shape index (κ2) is 5.85. The molecule has 0 radical (unpaired) electrons. The lowest BCUT2D eigenvalue weighted by atomic mass is 10.2. The van der Waals surface area contributed by atoms with Gasteiger partial charge in [-0.05, 0) is 43.5 Å². The molecule has 0 aliphatic heterocycles. The fourth-order valence-electron chi connectivity index (χ4n) is 2.20. The van der Waals surface area contributed by atoms with Crippen LogP contribution in [0.2, 0.25) is 0 Å². The van der Waals surface area contributed by atoms with E-state index in [9.17, 15) is 9.18 Å². The van der Waals surface area contributed by atoms with Gasteiger partial charge in [0.2, 0.25) is 0 Å². The third-order valence-corrected chi connectivity index (χ3v) is 3.22. The van der Waals surface area contributed by atoms with Gasteiger partial charge in [-0.2, -0.15) is 0 Å². The Balaban J connectivity index is 1.79. The van der Waals surface area contributed by atoms with Crippen molar-refractivity contribution in [3.63, 3.8) is 0 Å². The molecule has 0 aromatic heterocycles. The van der Waals surface area contributed by atoms with Crippen LogP contribution in [-0.4, -0.2) is 18.6 Å². The molecule has 0 atom stereocenters. The van der Waals surface area contributed by atoms with Crippen molar-refractivity contribution in [3.8, 4) is 5.75 Å². The van der Waals surface area contributed by atoms with Gasteiger partial charge in [0.15, 0.2) is 6.61 Å². The minimum Gasteiger partial charge on any atom is -0.484 e. The van der Waals surface area contributed by atoms with Crippen LogP contribution in [0, 0.1) is 12.7 Å². The highest BCUT2D eigenvalue weighted by Crippen LogP contribution is 2.18. The number of rotatable bonds is 4. The van der Waals surface area contributed by atoms with Crippen molar-refractivity contribution >= 4 is 5.91 Å². The highest BCUT2D eigenvalue weighted by molar-refractivity contribution is 5.77. The summed E-state index contributed by atoms with van der Waals surface area (Å²) < 4.78 is 18.4. The summed E-state index contributed by atoms with van der Waals surface area (Å²) in [4.78, 5) is 11.6. The van der Waals surface area contributed by atoms with Crippen molar-refractivity contribution < 1.29 is 13.9 Å². The molecule has 3 nitrogen and oxygen atoms in total. The van der Waals surface area contributed by atoms with Gasteiger partial charge in [-0.3, -0.25) is 4.79 Å². The molecule has 1 fully saturated rings. The molecule has 1 N–H and O–H groups in total. The van der Waals surface area contributed by atoms with Gasteiger partial charge < -0.3 is 10.1 Å². The number of carbonyl (C=O) groups excluding carboxylic acids is 1. The minimum atomic E-state index is -0.266. The minimum absolute atomic E-state index is 0.0123. The van der Waals surface area contributed by atoms with Crippen LogP contribution in [0.25, 0.3) is 0 Å². The fraction of sp³-hybridized carbons (Fsp3) is 0.500. The van der Waals surface area contributed by atoms with E-state index >= 15 is 0 Å². The molecule has 0 bridgehead atoms. The van der Waals surface area contributed by atoms with E-state index in [2.05, 4.69) is 5.32 Å². The van der Waals surface area contributed by atoms with Gasteiger partial charge >= 0.3 is 0 Å². The standard InChI is InChI=1S/C14H18FNO2/c1-10-8-12(6-7-13(10)15)18-9-14(17)16-11-4-2-3-5-11/h6-8,11H,2-5,9H2,1H3,(H,16,17). The van der Waals surface area contributed by atoms with Crippen LogP contribution in [-0.2, 0) is 4.79 Å². The predicted octanol–water partition coefficient (Wildman–Crippen LogP) is 2.57. The Morgan fingerprint density at radius 2 is 2.17 bits per heavy atom. The fourth-order valence-corrected chi connectivity index (χ4v) is 2.20. The molecule has 4 heteroatoms. The van der Waals surface area contributed by atoms with E-state index in [1.54, 1.807) is 13.0 Å². The summed E-state index contributed by atoms with van der Waals surface area (Å²) in [5.74, 6) is 0.150. The lowest BCUT2D eigenvalue weighted by Crippen LogP contribution is -2.36. The maximum Gasteiger partial charge on any atom is 0.258 e. The lowest BCUT2D eigenvalue weighted by molar-refractivity contribution is -0.123. The summed E-state index contributed by atoms with van der Waals surface area (Å²) in [5, 5.41) is 2.94. The molecular formula is C14H18FNO2. The molecular weight excluding hydrogens is 233 g/mol. The largest absolute Gasteiger partial charge is 0.484 e. The molecule has 0 unspecified atom stereocenters. The van der Waals surface area contributed by atoms with Crippen LogP contribution < -0.4 is 10.1 Å². The zero-order valence-corrected chi connectivity index (χ0v) is 10.5. The smallest absolute Gasteiger partial charge is 0.258 e. The maximum atomic E-state index is 13.0. The summed E-state index contributed by atoms with van der Waals surface area (Å²) in [6, 6.07) is 4.78. The van der Waals surface area contributed by atoms with Crippen LogP contribution in [0.1, 0.15) is 31.2 Å². The molecule has 1 aliphatic rings. The molecule has 1 aliphatic carbocycles. The van der Waals surface area contributed by atoms with E-state index in [4.69, 9.17) is 4.74 Å². The van der Waals surface area contributed by atoms with Crippen molar-refractivity contribution in [2.24, 2.45) is 0 Å². The first-order valence-corrected chi connectivity index (χ1v) is 6.33. The van der Waals surface area contributed by atoms with Gasteiger partial charge in [0.1, 0.15) is 11.6 Å². The number of carbonyl (C=O) groups is 1. The maximum absolute atomic E-state index is 13.0. The molecule has 0 spiro atoms. The molecule has 2 rings (SSSR count). The van der Waals surface area contributed by atoms with Gasteiger partial charge in [0.25, 0.3) is 5.91 Å². The zero-order chi connectivity index (χ0) is 13.0. The molecule has 0 heterocycles. The second-order valence-corrected chi connectivity index (χ2v) is 4.75. The van der Waals surface area contributed by atoms with Crippen LogP contribution in [0.3, 0.4) is 0 Å². The second-order valence-electron chi connectivity index (χ2n) is 4.75. The van der Waals surface area contributed by atoms with Crippen molar-refractivity contribution in [2.45, 2.75) is 38.6 Å². The van der Waals surface area contributed by atoms with Crippen molar-refractivity contribution in [3.05, 3.63) is 29.6 Å². The number of ether oxygens (including phenoxy) is 1. The Hall–Kier alpha value is -1.58. The van der Waals surface area contributed by atoms with Crippen LogP contribution >= 0.6 is 0 Å². The average molecular weight is 251 g/mol. The van der Waals surface area contributed by atoms with Gasteiger partial charge in [0.05, 0.1) is 0 Å². The average Bonchev–Trinajstić information content (AvgIpc) is 2.83. The summed E-state index contributed by atoms with van der Waals surface area (Å²) in [6.07, 6.45) is 4.48. The van der Waals surface area contributed by atoms with E-state index in [0.717, 1.165) is 12.8 Å². The third kappa shape index (κ3) is 3.45. The summed E-state index contributed by atoms with van der Waals surface area (Å²) >= 11 is 0. The van der Waals surface area contributed by atoms with E-state index in [0.29, 0.717) is 17.4 Å². The van der Waals surface area contributed by atoms with E-state index in [-0.39, 0.29) is 18.3 Å². The highest BCUT2D eigenvalue weighted by Gasteiger charge is 2.17. The first-order valence-electron chi connectivity index (χ1n) is 6.33. The molecule has 18 heavy (non-hydrogen) atoms. The number of hydrogen-bond donors (Lipinski definition) is 1. The predicted molar refractivity (Wildman–Crippen MR) is 67.0 cm³/mol. The van der Waals surface area contributed by atoms with Crippen molar-refractivity contribution in [1.82, 2.24) is 5.32 Å². The van der Waals surface area contributed by atoms with Crippen LogP contribution in [0.4, 0.5) is 4.39 Å². The molecule has 98 valence electrons. The number of nitrogens with one attached hydrogen (secondary N) is 1. The summed E-state index contributed by atoms with van der Waals surface area (Å²) in [7, 11) is 0. The van der Waals surface area contributed by atoms with Crippen molar-refractivity contribution in [1.29, 1.82) is 0 Å². The molecule has 1 amide bonds. The van der Waals surface area contributed by atoms with Crippen molar-refractivity contribution in [2.75, 3.05) is 6.61 Å². The molecule has 1 aromatic rings. The zero-order valence-electron chi connectivity index (χ0n) is 10.5. The Morgan fingerprint density at radius 1 is 1.44 bits per heavy atom. The SMILES string of the molecule is Cc1cc(OCC(=O)NC2CCCC2)ccc1F. The third-order valence-electron chi connectivity index (χ3n) is 3.22. The normalized spacial score (nSPS) is 15.7. The number of benzene rings is 1. The van der Waals surface area contributed by atoms with Crippen LogP contribution in [0.15, 0.2) is 18.2 Å². The van der Waals surface area contributed by atoms with E-state index in [1.165, 1.54) is 25.0 Å². The Labute approximate surface area is 106 Å². The number of hydrogen-bond acceptors (Lipinski definition) is 2. The quantitative estimate of drug-likeness (QED) is 0.893. The number of aryl methyl sites for hydroxylation is 1. The monoisotopic (exact) mass is 251 g/mol. The van der Waals surface area contributed by atoms with Gasteiger partial charge in [-0.25, -0.2) is 4.39 Å². The summed E-state index contributed by atoms with van der Waals surface area (Å²) in [5.41, 5.74) is 0.517. The van der Waals surface area contributed by atoms with Gasteiger partial charge in [-0.15, -0.1) is 0 Å². The van der Waals surface area contributed by atoms with Crippen LogP contribution in [0.5, 0.6) is 5.75 Å². The lowest BCUT2D eigenvalue weighted by Gasteiger charge is -2.12. The first-order chi connectivity index (χ1) is 8.65. The Bertz CT molecular complexity index is 428. The van der Waals surface area contributed by atoms with E-state index < -0.39 is 0 Å². The Kier molecular flexibility index (Phi) is 4.18. The Morgan fingerprint density at radius 3 is 2.83 bits per heavy atom. The van der Waals surface area contributed by atoms with Gasteiger partial charge in [-0.1, -0.05) is 12.8 Å². The topological polar surface area (TPSA) is 38.3 Å². The number of halogens is 1.